The molecule has 170 valence electrons. The summed E-state index contributed by atoms with van der Waals surface area (Å²) in [4.78, 5) is 32.5. The third-order valence-corrected chi connectivity index (χ3v) is 4.78. The van der Waals surface area contributed by atoms with Crippen LogP contribution in [0.25, 0.3) is 0 Å². The molecule has 0 spiro atoms. The molecule has 1 aliphatic heterocycles. The van der Waals surface area contributed by atoms with Gasteiger partial charge in [0.2, 0.25) is 11.8 Å². The molecule has 0 atom stereocenters. The third-order valence-electron chi connectivity index (χ3n) is 4.78. The first-order valence-electron chi connectivity index (χ1n) is 11.1. The van der Waals surface area contributed by atoms with Gasteiger partial charge in [0.25, 0.3) is 0 Å². The Morgan fingerprint density at radius 3 is 2.53 bits per heavy atom. The second-order valence-corrected chi connectivity index (χ2v) is 8.72. The third kappa shape index (κ3) is 9.11. The Bertz CT molecular complexity index is 663. The van der Waals surface area contributed by atoms with E-state index < -0.39 is 5.60 Å². The predicted octanol–water partition coefficient (Wildman–Crippen LogP) is 2.40. The minimum atomic E-state index is -0.463. The predicted molar refractivity (Wildman–Crippen MR) is 113 cm³/mol. The summed E-state index contributed by atoms with van der Waals surface area (Å²) in [5, 5.41) is 6.89. The summed E-state index contributed by atoms with van der Waals surface area (Å²) in [7, 11) is 0. The van der Waals surface area contributed by atoms with Crippen LogP contribution in [0.5, 0.6) is 0 Å². The van der Waals surface area contributed by atoms with Crippen LogP contribution in [-0.4, -0.2) is 76.8 Å². The molecule has 0 unspecified atom stereocenters. The van der Waals surface area contributed by atoms with E-state index in [1.54, 1.807) is 4.90 Å². The van der Waals surface area contributed by atoms with Crippen LogP contribution in [0.3, 0.4) is 0 Å². The summed E-state index contributed by atoms with van der Waals surface area (Å²) in [5.41, 5.74) is -0.463. The summed E-state index contributed by atoms with van der Waals surface area (Å²) in [6.45, 7) is 12.3. The molecular weight excluding hydrogens is 386 g/mol. The lowest BCUT2D eigenvalue weighted by atomic mass is 10.2. The van der Waals surface area contributed by atoms with Crippen LogP contribution < -0.4 is 5.32 Å². The number of nitrogens with zero attached hydrogens (tertiary/aromatic N) is 4. The van der Waals surface area contributed by atoms with Crippen molar-refractivity contribution >= 4 is 12.0 Å². The Hall–Kier alpha value is -2.16. The van der Waals surface area contributed by atoms with Crippen molar-refractivity contribution in [2.24, 2.45) is 0 Å². The first kappa shape index (κ1) is 24.1. The lowest BCUT2D eigenvalue weighted by molar-refractivity contribution is -0.121. The number of amides is 2. The number of ether oxygens (including phenoxy) is 1. The van der Waals surface area contributed by atoms with E-state index in [1.807, 2.05) is 20.8 Å². The number of piperazine rings is 1. The minimum Gasteiger partial charge on any atom is -0.444 e. The molecule has 1 saturated heterocycles. The molecule has 30 heavy (non-hydrogen) atoms. The fourth-order valence-electron chi connectivity index (χ4n) is 3.22. The van der Waals surface area contributed by atoms with Crippen LogP contribution in [-0.2, 0) is 22.4 Å². The van der Waals surface area contributed by atoms with E-state index in [2.05, 4.69) is 27.3 Å². The largest absolute Gasteiger partial charge is 0.444 e. The van der Waals surface area contributed by atoms with Crippen LogP contribution in [0.15, 0.2) is 4.52 Å². The molecule has 0 radical (unpaired) electrons. The molecule has 1 fully saturated rings. The lowest BCUT2D eigenvalue weighted by Gasteiger charge is -2.35. The van der Waals surface area contributed by atoms with Crippen molar-refractivity contribution < 1.29 is 18.8 Å². The van der Waals surface area contributed by atoms with Crippen molar-refractivity contribution in [3.8, 4) is 0 Å². The van der Waals surface area contributed by atoms with Crippen molar-refractivity contribution in [3.63, 3.8) is 0 Å². The molecule has 1 aromatic heterocycles. The molecule has 2 amide bonds. The van der Waals surface area contributed by atoms with Gasteiger partial charge < -0.3 is 19.5 Å². The van der Waals surface area contributed by atoms with Crippen LogP contribution >= 0.6 is 0 Å². The first-order chi connectivity index (χ1) is 14.3. The number of aryl methyl sites for hydroxylation is 2. The van der Waals surface area contributed by atoms with Crippen molar-refractivity contribution in [1.29, 1.82) is 0 Å². The van der Waals surface area contributed by atoms with Crippen molar-refractivity contribution in [3.05, 3.63) is 11.7 Å². The minimum absolute atomic E-state index is 0.0537. The fraction of sp³-hybridized carbons (Fsp3) is 0.810. The second-order valence-electron chi connectivity index (χ2n) is 8.72. The van der Waals surface area contributed by atoms with Crippen LogP contribution in [0.4, 0.5) is 4.79 Å². The quantitative estimate of drug-likeness (QED) is 0.577. The maximum absolute atomic E-state index is 12.1. The molecule has 0 bridgehead atoms. The van der Waals surface area contributed by atoms with Crippen molar-refractivity contribution in [1.82, 2.24) is 25.3 Å². The average molecular weight is 424 g/mol. The van der Waals surface area contributed by atoms with E-state index >= 15 is 0 Å². The number of carbonyl (C=O) groups is 2. The van der Waals surface area contributed by atoms with E-state index in [0.717, 1.165) is 44.7 Å². The van der Waals surface area contributed by atoms with Crippen LogP contribution in [0.2, 0.25) is 0 Å². The highest BCUT2D eigenvalue weighted by molar-refractivity contribution is 5.75. The monoisotopic (exact) mass is 423 g/mol. The van der Waals surface area contributed by atoms with Gasteiger partial charge in [-0.1, -0.05) is 12.1 Å². The van der Waals surface area contributed by atoms with Gasteiger partial charge in [-0.05, 0) is 46.6 Å². The summed E-state index contributed by atoms with van der Waals surface area (Å²) in [6, 6.07) is 0. The summed E-state index contributed by atoms with van der Waals surface area (Å²) < 4.78 is 10.6. The number of rotatable bonds is 10. The van der Waals surface area contributed by atoms with E-state index in [-0.39, 0.29) is 12.0 Å². The molecule has 0 aromatic carbocycles. The fourth-order valence-corrected chi connectivity index (χ4v) is 3.22. The SMILES string of the molecule is CCCc1noc(CCCC(=O)NCCCN2CCN(C(=O)OC(C)(C)C)CC2)n1. The summed E-state index contributed by atoms with van der Waals surface area (Å²) >= 11 is 0. The van der Waals surface area contributed by atoms with Gasteiger partial charge in [-0.15, -0.1) is 0 Å². The van der Waals surface area contributed by atoms with Gasteiger partial charge in [-0.2, -0.15) is 4.98 Å². The summed E-state index contributed by atoms with van der Waals surface area (Å²) in [6.07, 6.45) is 4.25. The Balaban J connectivity index is 1.51. The summed E-state index contributed by atoms with van der Waals surface area (Å²) in [5.74, 6) is 1.40. The molecule has 9 nitrogen and oxygen atoms in total. The molecule has 2 heterocycles. The molecule has 2 rings (SSSR count). The Kier molecular flexibility index (Phi) is 9.55. The first-order valence-corrected chi connectivity index (χ1v) is 11.1. The van der Waals surface area contributed by atoms with Gasteiger partial charge >= 0.3 is 6.09 Å². The van der Waals surface area contributed by atoms with Gasteiger partial charge in [-0.25, -0.2) is 4.79 Å². The molecule has 1 aromatic rings. The van der Waals surface area contributed by atoms with Gasteiger partial charge in [-0.3, -0.25) is 9.69 Å². The Labute approximate surface area is 179 Å². The van der Waals surface area contributed by atoms with Gasteiger partial charge in [0.15, 0.2) is 5.82 Å². The number of aromatic nitrogens is 2. The molecule has 1 aliphatic rings. The molecule has 0 aliphatic carbocycles. The Morgan fingerprint density at radius 1 is 1.13 bits per heavy atom. The van der Waals surface area contributed by atoms with E-state index in [0.29, 0.717) is 44.8 Å². The highest BCUT2D eigenvalue weighted by Gasteiger charge is 2.25. The van der Waals surface area contributed by atoms with E-state index in [1.165, 1.54) is 0 Å². The number of hydrogen-bond acceptors (Lipinski definition) is 7. The molecule has 9 heteroatoms. The zero-order valence-electron chi connectivity index (χ0n) is 18.9. The Morgan fingerprint density at radius 2 is 1.87 bits per heavy atom. The highest BCUT2D eigenvalue weighted by atomic mass is 16.6. The van der Waals surface area contributed by atoms with Crippen LogP contribution in [0.1, 0.15) is 65.1 Å². The average Bonchev–Trinajstić information content (AvgIpc) is 3.12. The van der Waals surface area contributed by atoms with E-state index in [4.69, 9.17) is 9.26 Å². The topological polar surface area (TPSA) is 101 Å². The number of hydrogen-bond donors (Lipinski definition) is 1. The highest BCUT2D eigenvalue weighted by Crippen LogP contribution is 2.12. The van der Waals surface area contributed by atoms with Gasteiger partial charge in [0.05, 0.1) is 0 Å². The lowest BCUT2D eigenvalue weighted by Crippen LogP contribution is -2.50. The van der Waals surface area contributed by atoms with Crippen molar-refractivity contribution in [2.75, 3.05) is 39.3 Å². The van der Waals surface area contributed by atoms with Crippen LogP contribution in [0, 0.1) is 0 Å². The zero-order valence-corrected chi connectivity index (χ0v) is 18.9. The van der Waals surface area contributed by atoms with Crippen molar-refractivity contribution in [2.45, 2.75) is 71.8 Å². The van der Waals surface area contributed by atoms with Gasteiger partial charge in [0, 0.05) is 52.0 Å². The number of carbonyl (C=O) groups excluding carboxylic acids is 2. The molecular formula is C21H37N5O4. The second kappa shape index (κ2) is 11.9. The number of nitrogens with one attached hydrogen (secondary N) is 1. The maximum Gasteiger partial charge on any atom is 0.410 e. The zero-order chi connectivity index (χ0) is 22.0. The van der Waals surface area contributed by atoms with E-state index in [9.17, 15) is 9.59 Å². The standard InChI is InChI=1S/C21H37N5O4/c1-5-8-17-23-19(30-24-17)10-6-9-18(27)22-11-7-12-25-13-15-26(16-14-25)20(28)29-21(2,3)4/h5-16H2,1-4H3,(H,22,27). The van der Waals surface area contributed by atoms with Gasteiger partial charge in [0.1, 0.15) is 5.60 Å². The maximum atomic E-state index is 12.1. The molecule has 0 saturated carbocycles. The molecule has 1 N–H and O–H groups in total. The smallest absolute Gasteiger partial charge is 0.410 e. The normalized spacial score (nSPS) is 15.3.